The molecule has 0 fully saturated rings. The molecule has 0 atom stereocenters. The van der Waals surface area contributed by atoms with E-state index in [1.54, 1.807) is 12.1 Å². The van der Waals surface area contributed by atoms with Crippen molar-refractivity contribution in [3.63, 3.8) is 0 Å². The molecule has 0 aliphatic carbocycles. The van der Waals surface area contributed by atoms with Gasteiger partial charge in [0.05, 0.1) is 11.4 Å². The summed E-state index contributed by atoms with van der Waals surface area (Å²) in [4.78, 5) is 0. The zero-order chi connectivity index (χ0) is 16.3. The molecule has 0 amide bonds. The monoisotopic (exact) mass is 348 g/mol. The Kier molecular flexibility index (Phi) is 11.5. The van der Waals surface area contributed by atoms with E-state index in [0.717, 1.165) is 12.1 Å². The Morgan fingerprint density at radius 3 is 1.79 bits per heavy atom. The van der Waals surface area contributed by atoms with Crippen molar-refractivity contribution in [3.8, 4) is 5.75 Å². The number of rotatable bonds is 9. The number of nitrogens with zero attached hydrogens (tertiary/aromatic N) is 2. The van der Waals surface area contributed by atoms with Crippen molar-refractivity contribution in [2.24, 2.45) is 10.2 Å². The minimum Gasteiger partial charge on any atom is -0.872 e. The molecule has 24 heavy (non-hydrogen) atoms. The number of benzene rings is 2. The fourth-order valence-electron chi connectivity index (χ4n) is 2.47. The summed E-state index contributed by atoms with van der Waals surface area (Å²) in [6.45, 7) is 2.25. The van der Waals surface area contributed by atoms with Gasteiger partial charge in [-0.1, -0.05) is 63.3 Å². The van der Waals surface area contributed by atoms with Gasteiger partial charge in [0.2, 0.25) is 0 Å². The predicted molar refractivity (Wildman–Crippen MR) is 93.6 cm³/mol. The van der Waals surface area contributed by atoms with Crippen molar-refractivity contribution in [2.45, 2.75) is 51.9 Å². The first kappa shape index (κ1) is 21.5. The second-order valence-electron chi connectivity index (χ2n) is 5.88. The summed E-state index contributed by atoms with van der Waals surface area (Å²) in [5, 5.41) is 19.4. The SMILES string of the molecule is CCCCCCCCc1ccc(N=Nc2ccc([O-])cc2)cc1.[K+]. The van der Waals surface area contributed by atoms with Crippen LogP contribution in [-0.4, -0.2) is 0 Å². The van der Waals surface area contributed by atoms with Crippen LogP contribution in [0.4, 0.5) is 11.4 Å². The third kappa shape index (κ3) is 8.54. The van der Waals surface area contributed by atoms with Crippen molar-refractivity contribution in [3.05, 3.63) is 54.1 Å². The summed E-state index contributed by atoms with van der Waals surface area (Å²) in [6.07, 6.45) is 9.08. The Bertz CT molecular complexity index is 594. The van der Waals surface area contributed by atoms with Gasteiger partial charge in [-0.3, -0.25) is 0 Å². The summed E-state index contributed by atoms with van der Waals surface area (Å²) >= 11 is 0. The average Bonchev–Trinajstić information content (AvgIpc) is 2.58. The maximum Gasteiger partial charge on any atom is 1.00 e. The van der Waals surface area contributed by atoms with Gasteiger partial charge in [-0.15, -0.1) is 5.75 Å². The van der Waals surface area contributed by atoms with Crippen LogP contribution in [0.3, 0.4) is 0 Å². The van der Waals surface area contributed by atoms with Gasteiger partial charge < -0.3 is 5.11 Å². The zero-order valence-corrected chi connectivity index (χ0v) is 18.0. The van der Waals surface area contributed by atoms with Gasteiger partial charge >= 0.3 is 51.4 Å². The van der Waals surface area contributed by atoms with Gasteiger partial charge in [0.1, 0.15) is 0 Å². The van der Waals surface area contributed by atoms with Crippen LogP contribution in [0.5, 0.6) is 5.75 Å². The van der Waals surface area contributed by atoms with E-state index in [9.17, 15) is 5.11 Å². The molecular formula is C20H25KN2O. The number of azo groups is 1. The summed E-state index contributed by atoms with van der Waals surface area (Å²) < 4.78 is 0. The maximum atomic E-state index is 11.0. The van der Waals surface area contributed by atoms with E-state index in [2.05, 4.69) is 29.3 Å². The molecule has 0 bridgehead atoms. The molecule has 0 radical (unpaired) electrons. The van der Waals surface area contributed by atoms with Crippen LogP contribution in [0, 0.1) is 0 Å². The Hall–Kier alpha value is -0.524. The molecule has 0 spiro atoms. The van der Waals surface area contributed by atoms with Crippen LogP contribution in [0.2, 0.25) is 0 Å². The molecule has 0 aromatic heterocycles. The molecule has 2 rings (SSSR count). The Morgan fingerprint density at radius 2 is 1.21 bits per heavy atom. The molecule has 0 N–H and O–H groups in total. The van der Waals surface area contributed by atoms with Crippen LogP contribution in [0.15, 0.2) is 58.8 Å². The zero-order valence-electron chi connectivity index (χ0n) is 14.9. The third-order valence-corrected chi connectivity index (χ3v) is 3.87. The quantitative estimate of drug-likeness (QED) is 0.390. The number of hydrogen-bond donors (Lipinski definition) is 0. The van der Waals surface area contributed by atoms with Crippen LogP contribution in [-0.2, 0) is 6.42 Å². The van der Waals surface area contributed by atoms with Gasteiger partial charge in [-0.25, -0.2) is 0 Å². The van der Waals surface area contributed by atoms with E-state index in [1.165, 1.54) is 56.2 Å². The molecule has 2 aromatic carbocycles. The number of hydrogen-bond acceptors (Lipinski definition) is 3. The summed E-state index contributed by atoms with van der Waals surface area (Å²) in [7, 11) is 0. The average molecular weight is 349 g/mol. The Morgan fingerprint density at radius 1 is 0.708 bits per heavy atom. The van der Waals surface area contributed by atoms with Gasteiger partial charge in [-0.2, -0.15) is 10.2 Å². The van der Waals surface area contributed by atoms with Crippen molar-refractivity contribution in [1.29, 1.82) is 0 Å². The molecule has 122 valence electrons. The first-order valence-corrected chi connectivity index (χ1v) is 8.55. The van der Waals surface area contributed by atoms with Gasteiger partial charge in [0.25, 0.3) is 0 Å². The van der Waals surface area contributed by atoms with Gasteiger partial charge in [0.15, 0.2) is 0 Å². The molecule has 0 saturated heterocycles. The van der Waals surface area contributed by atoms with Gasteiger partial charge in [-0.05, 0) is 42.7 Å². The fourth-order valence-corrected chi connectivity index (χ4v) is 2.47. The largest absolute Gasteiger partial charge is 1.00 e. The van der Waals surface area contributed by atoms with Crippen LogP contribution >= 0.6 is 0 Å². The van der Waals surface area contributed by atoms with Gasteiger partial charge in [0, 0.05) is 0 Å². The molecule has 0 unspecified atom stereocenters. The Labute approximate surface area is 188 Å². The van der Waals surface area contributed by atoms with E-state index < -0.39 is 0 Å². The summed E-state index contributed by atoms with van der Waals surface area (Å²) in [5.74, 6) is -0.0111. The standard InChI is InChI=1S/C20H26N2O.K/c1-2-3-4-5-6-7-8-17-9-11-18(12-10-17)21-22-19-13-15-20(23)16-14-19;/h9-16,23H,2-8H2,1H3;/q;+1/p-1. The smallest absolute Gasteiger partial charge is 0.872 e. The van der Waals surface area contributed by atoms with Crippen molar-refractivity contribution >= 4 is 11.4 Å². The Balaban J connectivity index is 0.00000288. The van der Waals surface area contributed by atoms with E-state index in [0.29, 0.717) is 5.69 Å². The molecule has 0 aliphatic rings. The molecule has 0 heterocycles. The van der Waals surface area contributed by atoms with Crippen LogP contribution in [0.1, 0.15) is 51.0 Å². The molecule has 0 aliphatic heterocycles. The van der Waals surface area contributed by atoms with Crippen molar-refractivity contribution < 1.29 is 56.5 Å². The first-order chi connectivity index (χ1) is 11.3. The summed E-state index contributed by atoms with van der Waals surface area (Å²) in [5.41, 5.74) is 2.89. The predicted octanol–water partition coefficient (Wildman–Crippen LogP) is 3.08. The maximum absolute atomic E-state index is 11.0. The van der Waals surface area contributed by atoms with Crippen LogP contribution in [0.25, 0.3) is 0 Å². The van der Waals surface area contributed by atoms with E-state index in [4.69, 9.17) is 0 Å². The first-order valence-electron chi connectivity index (χ1n) is 8.55. The molecule has 2 aromatic rings. The topological polar surface area (TPSA) is 47.8 Å². The normalized spacial score (nSPS) is 10.7. The van der Waals surface area contributed by atoms with Crippen molar-refractivity contribution in [1.82, 2.24) is 0 Å². The van der Waals surface area contributed by atoms with Crippen LogP contribution < -0.4 is 56.5 Å². The van der Waals surface area contributed by atoms with Crippen molar-refractivity contribution in [2.75, 3.05) is 0 Å². The second kappa shape index (κ2) is 12.8. The number of unbranched alkanes of at least 4 members (excludes halogenated alkanes) is 5. The molecule has 0 saturated carbocycles. The molecule has 3 nitrogen and oxygen atoms in total. The molecular weight excluding hydrogens is 323 g/mol. The van der Waals surface area contributed by atoms with E-state index in [-0.39, 0.29) is 57.1 Å². The third-order valence-electron chi connectivity index (χ3n) is 3.87. The molecule has 4 heteroatoms. The minimum absolute atomic E-state index is 0. The van der Waals surface area contributed by atoms with E-state index >= 15 is 0 Å². The fraction of sp³-hybridized carbons (Fsp3) is 0.400. The number of aryl methyl sites for hydroxylation is 1. The minimum atomic E-state index is -0.0111. The second-order valence-corrected chi connectivity index (χ2v) is 5.88. The summed E-state index contributed by atoms with van der Waals surface area (Å²) in [6, 6.07) is 14.6. The van der Waals surface area contributed by atoms with E-state index in [1.807, 2.05) is 12.1 Å².